The fourth-order valence-electron chi connectivity index (χ4n) is 1.38. The molecule has 0 aromatic carbocycles. The van der Waals surface area contributed by atoms with Crippen LogP contribution in [0.5, 0.6) is 0 Å². The summed E-state index contributed by atoms with van der Waals surface area (Å²) in [6, 6.07) is 0. The highest BCUT2D eigenvalue weighted by atomic mass is 16.5. The predicted octanol–water partition coefficient (Wildman–Crippen LogP) is 1.32. The summed E-state index contributed by atoms with van der Waals surface area (Å²) in [6.45, 7) is 2.53. The topological polar surface area (TPSA) is 72.3 Å². The summed E-state index contributed by atoms with van der Waals surface area (Å²) < 4.78 is 4.93. The zero-order valence-corrected chi connectivity index (χ0v) is 9.56. The molecule has 1 N–H and O–H groups in total. The molecular formula is C11H16N2O3. The summed E-state index contributed by atoms with van der Waals surface area (Å²) in [7, 11) is 1.61. The van der Waals surface area contributed by atoms with Crippen molar-refractivity contribution >= 4 is 5.97 Å². The summed E-state index contributed by atoms with van der Waals surface area (Å²) in [6.07, 6.45) is 3.50. The second kappa shape index (κ2) is 6.17. The van der Waals surface area contributed by atoms with Crippen LogP contribution in [0.2, 0.25) is 0 Å². The van der Waals surface area contributed by atoms with Crippen LogP contribution in [0, 0.1) is 0 Å². The molecule has 0 radical (unpaired) electrons. The highest BCUT2D eigenvalue weighted by Gasteiger charge is 2.12. The molecule has 0 aliphatic rings. The number of aromatic carboxylic acids is 1. The number of nitrogens with zero attached hydrogens (tertiary/aromatic N) is 2. The van der Waals surface area contributed by atoms with Crippen LogP contribution in [-0.2, 0) is 17.6 Å². The Labute approximate surface area is 94.5 Å². The Morgan fingerprint density at radius 1 is 1.50 bits per heavy atom. The molecule has 0 amide bonds. The molecule has 0 saturated heterocycles. The number of methoxy groups -OCH3 is 1. The van der Waals surface area contributed by atoms with Gasteiger partial charge in [-0.1, -0.05) is 13.3 Å². The normalized spacial score (nSPS) is 10.4. The van der Waals surface area contributed by atoms with E-state index in [1.807, 2.05) is 6.92 Å². The van der Waals surface area contributed by atoms with E-state index < -0.39 is 5.97 Å². The molecule has 5 heteroatoms. The van der Waals surface area contributed by atoms with Crippen LogP contribution in [0.25, 0.3) is 0 Å². The van der Waals surface area contributed by atoms with Crippen LogP contribution in [0.15, 0.2) is 6.20 Å². The second-order valence-corrected chi connectivity index (χ2v) is 3.44. The Balaban J connectivity index is 2.92. The quantitative estimate of drug-likeness (QED) is 0.788. The third-order valence-corrected chi connectivity index (χ3v) is 2.16. The number of aromatic nitrogens is 2. The van der Waals surface area contributed by atoms with E-state index in [1.165, 1.54) is 6.20 Å². The lowest BCUT2D eigenvalue weighted by Gasteiger charge is -2.06. The highest BCUT2D eigenvalue weighted by molar-refractivity contribution is 5.88. The first-order valence-corrected chi connectivity index (χ1v) is 5.26. The van der Waals surface area contributed by atoms with Gasteiger partial charge in [-0.25, -0.2) is 14.8 Å². The van der Waals surface area contributed by atoms with E-state index in [0.717, 1.165) is 6.42 Å². The molecule has 16 heavy (non-hydrogen) atoms. The molecule has 5 nitrogen and oxygen atoms in total. The predicted molar refractivity (Wildman–Crippen MR) is 58.6 cm³/mol. The minimum Gasteiger partial charge on any atom is -0.478 e. The Hall–Kier alpha value is -1.49. The van der Waals surface area contributed by atoms with Crippen molar-refractivity contribution in [3.8, 4) is 0 Å². The Bertz CT molecular complexity index is 366. The summed E-state index contributed by atoms with van der Waals surface area (Å²) in [5, 5.41) is 8.95. The van der Waals surface area contributed by atoms with Gasteiger partial charge in [0.15, 0.2) is 0 Å². The van der Waals surface area contributed by atoms with Crippen LogP contribution in [0.3, 0.4) is 0 Å². The van der Waals surface area contributed by atoms with Crippen molar-refractivity contribution in [1.29, 1.82) is 0 Å². The first-order chi connectivity index (χ1) is 7.69. The molecule has 0 unspecified atom stereocenters. The lowest BCUT2D eigenvalue weighted by molar-refractivity contribution is 0.0694. The molecule has 88 valence electrons. The molecule has 0 bridgehead atoms. The molecular weight excluding hydrogens is 208 g/mol. The van der Waals surface area contributed by atoms with E-state index in [1.54, 1.807) is 7.11 Å². The second-order valence-electron chi connectivity index (χ2n) is 3.44. The number of rotatable bonds is 6. The van der Waals surface area contributed by atoms with Crippen molar-refractivity contribution < 1.29 is 14.6 Å². The molecule has 0 spiro atoms. The number of carbonyl (C=O) groups is 1. The average molecular weight is 224 g/mol. The first kappa shape index (κ1) is 12.6. The summed E-state index contributed by atoms with van der Waals surface area (Å²) in [5.41, 5.74) is 0.805. The number of aryl methyl sites for hydroxylation is 1. The molecule has 0 atom stereocenters. The fourth-order valence-corrected chi connectivity index (χ4v) is 1.38. The van der Waals surface area contributed by atoms with E-state index in [9.17, 15) is 4.79 Å². The van der Waals surface area contributed by atoms with E-state index >= 15 is 0 Å². The molecule has 0 saturated carbocycles. The van der Waals surface area contributed by atoms with Gasteiger partial charge in [0.1, 0.15) is 5.82 Å². The van der Waals surface area contributed by atoms with Gasteiger partial charge in [0.2, 0.25) is 0 Å². The average Bonchev–Trinajstić information content (AvgIpc) is 2.26. The highest BCUT2D eigenvalue weighted by Crippen LogP contribution is 2.08. The smallest absolute Gasteiger partial charge is 0.339 e. The van der Waals surface area contributed by atoms with Gasteiger partial charge in [-0.2, -0.15) is 0 Å². The molecule has 0 aliphatic carbocycles. The first-order valence-electron chi connectivity index (χ1n) is 5.26. The zero-order chi connectivity index (χ0) is 12.0. The number of hydrogen-bond acceptors (Lipinski definition) is 4. The lowest BCUT2D eigenvalue weighted by Crippen LogP contribution is -2.10. The van der Waals surface area contributed by atoms with Crippen molar-refractivity contribution in [1.82, 2.24) is 9.97 Å². The zero-order valence-electron chi connectivity index (χ0n) is 9.56. The summed E-state index contributed by atoms with van der Waals surface area (Å²) >= 11 is 0. The van der Waals surface area contributed by atoms with Crippen molar-refractivity contribution in [2.45, 2.75) is 26.2 Å². The minimum absolute atomic E-state index is 0.197. The Kier molecular flexibility index (Phi) is 4.85. The number of carboxylic acids is 1. The maximum absolute atomic E-state index is 10.9. The van der Waals surface area contributed by atoms with Crippen molar-refractivity contribution in [2.24, 2.45) is 0 Å². The van der Waals surface area contributed by atoms with E-state index in [2.05, 4.69) is 9.97 Å². The largest absolute Gasteiger partial charge is 0.478 e. The Morgan fingerprint density at radius 2 is 2.25 bits per heavy atom. The fraction of sp³-hybridized carbons (Fsp3) is 0.545. The van der Waals surface area contributed by atoms with Crippen LogP contribution >= 0.6 is 0 Å². The van der Waals surface area contributed by atoms with Crippen molar-refractivity contribution in [2.75, 3.05) is 13.7 Å². The number of ether oxygens (including phenoxy) is 1. The van der Waals surface area contributed by atoms with Gasteiger partial charge in [0.25, 0.3) is 0 Å². The van der Waals surface area contributed by atoms with Gasteiger partial charge in [-0.05, 0) is 6.42 Å². The standard InChI is InChI=1S/C11H16N2O3/c1-3-4-9-8(11(14)15)7-12-10(13-9)5-6-16-2/h7H,3-6H2,1-2H3,(H,14,15). The van der Waals surface area contributed by atoms with Gasteiger partial charge in [0, 0.05) is 19.7 Å². The van der Waals surface area contributed by atoms with Crippen LogP contribution in [0.1, 0.15) is 35.2 Å². The van der Waals surface area contributed by atoms with Crippen LogP contribution in [-0.4, -0.2) is 34.8 Å². The third-order valence-electron chi connectivity index (χ3n) is 2.16. The van der Waals surface area contributed by atoms with Crippen molar-refractivity contribution in [3.05, 3.63) is 23.3 Å². The molecule has 1 rings (SSSR count). The molecule has 1 aromatic rings. The molecule has 0 fully saturated rings. The van der Waals surface area contributed by atoms with Gasteiger partial charge in [0.05, 0.1) is 17.9 Å². The van der Waals surface area contributed by atoms with Gasteiger partial charge in [-0.15, -0.1) is 0 Å². The SMILES string of the molecule is CCCc1nc(CCOC)ncc1C(=O)O. The molecule has 1 aromatic heterocycles. The maximum Gasteiger partial charge on any atom is 0.339 e. The summed E-state index contributed by atoms with van der Waals surface area (Å²) in [5.74, 6) is -0.336. The van der Waals surface area contributed by atoms with Gasteiger partial charge in [-0.3, -0.25) is 0 Å². The summed E-state index contributed by atoms with van der Waals surface area (Å²) in [4.78, 5) is 19.2. The van der Waals surface area contributed by atoms with Gasteiger partial charge < -0.3 is 9.84 Å². The van der Waals surface area contributed by atoms with Crippen LogP contribution in [0.4, 0.5) is 0 Å². The van der Waals surface area contributed by atoms with E-state index in [4.69, 9.17) is 9.84 Å². The Morgan fingerprint density at radius 3 is 2.81 bits per heavy atom. The van der Waals surface area contributed by atoms with Crippen LogP contribution < -0.4 is 0 Å². The van der Waals surface area contributed by atoms with Gasteiger partial charge >= 0.3 is 5.97 Å². The maximum atomic E-state index is 10.9. The molecule has 1 heterocycles. The van der Waals surface area contributed by atoms with E-state index in [0.29, 0.717) is 31.0 Å². The van der Waals surface area contributed by atoms with Crippen molar-refractivity contribution in [3.63, 3.8) is 0 Å². The number of hydrogen-bond donors (Lipinski definition) is 1. The number of carboxylic acid groups (broad SMARTS) is 1. The minimum atomic E-state index is -0.971. The lowest BCUT2D eigenvalue weighted by atomic mass is 10.1. The monoisotopic (exact) mass is 224 g/mol. The van der Waals surface area contributed by atoms with E-state index in [-0.39, 0.29) is 5.56 Å². The molecule has 0 aliphatic heterocycles. The third kappa shape index (κ3) is 3.27.